The van der Waals surface area contributed by atoms with Crippen LogP contribution in [0.4, 0.5) is 0 Å². The summed E-state index contributed by atoms with van der Waals surface area (Å²) < 4.78 is 0. The Kier molecular flexibility index (Phi) is 3.74. The van der Waals surface area contributed by atoms with E-state index in [-0.39, 0.29) is 18.4 Å². The molecule has 1 aliphatic heterocycles. The summed E-state index contributed by atoms with van der Waals surface area (Å²) in [6, 6.07) is 0. The van der Waals surface area contributed by atoms with Gasteiger partial charge in [0.05, 0.1) is 6.54 Å². The quantitative estimate of drug-likeness (QED) is 0.841. The maximum absolute atomic E-state index is 12.8. The smallest absolute Gasteiger partial charge is 0.248 e. The zero-order chi connectivity index (χ0) is 14.2. The van der Waals surface area contributed by atoms with Crippen LogP contribution in [0.5, 0.6) is 0 Å². The van der Waals surface area contributed by atoms with Crippen molar-refractivity contribution >= 4 is 11.8 Å². The van der Waals surface area contributed by atoms with E-state index in [1.165, 1.54) is 25.7 Å². The van der Waals surface area contributed by atoms with Crippen molar-refractivity contribution < 1.29 is 9.59 Å². The molecule has 0 aromatic rings. The third-order valence-electron chi connectivity index (χ3n) is 5.40. The number of rotatable bonds is 2. The molecule has 0 radical (unpaired) electrons. The SMILES string of the molecule is CC1CCC(CN2CC(=O)NC3(CCCCC3)C2=O)C1. The van der Waals surface area contributed by atoms with Gasteiger partial charge in [-0.05, 0) is 37.5 Å². The number of carbonyl (C=O) groups is 2. The van der Waals surface area contributed by atoms with E-state index >= 15 is 0 Å². The van der Waals surface area contributed by atoms with Gasteiger partial charge in [-0.15, -0.1) is 0 Å². The van der Waals surface area contributed by atoms with Crippen molar-refractivity contribution in [1.29, 1.82) is 0 Å². The lowest BCUT2D eigenvalue weighted by atomic mass is 9.79. The first-order valence-electron chi connectivity index (χ1n) is 8.19. The van der Waals surface area contributed by atoms with Gasteiger partial charge in [0.25, 0.3) is 0 Å². The average Bonchev–Trinajstić information content (AvgIpc) is 2.82. The highest BCUT2D eigenvalue weighted by Crippen LogP contribution is 2.35. The fourth-order valence-electron chi connectivity index (χ4n) is 4.35. The van der Waals surface area contributed by atoms with E-state index in [1.54, 1.807) is 0 Å². The number of nitrogens with zero attached hydrogens (tertiary/aromatic N) is 1. The van der Waals surface area contributed by atoms with E-state index in [1.807, 2.05) is 4.90 Å². The standard InChI is InChI=1S/C16H26N2O2/c1-12-5-6-13(9-12)10-18-11-14(19)17-16(15(18)20)7-3-2-4-8-16/h12-13H,2-11H2,1H3,(H,17,19). The van der Waals surface area contributed by atoms with Gasteiger partial charge in [0.1, 0.15) is 5.54 Å². The van der Waals surface area contributed by atoms with E-state index in [2.05, 4.69) is 12.2 Å². The average molecular weight is 278 g/mol. The van der Waals surface area contributed by atoms with Crippen LogP contribution >= 0.6 is 0 Å². The highest BCUT2D eigenvalue weighted by atomic mass is 16.2. The van der Waals surface area contributed by atoms with Crippen LogP contribution in [0.15, 0.2) is 0 Å². The van der Waals surface area contributed by atoms with Gasteiger partial charge < -0.3 is 10.2 Å². The van der Waals surface area contributed by atoms with Crippen LogP contribution in [0.2, 0.25) is 0 Å². The van der Waals surface area contributed by atoms with Crippen LogP contribution in [0.25, 0.3) is 0 Å². The largest absolute Gasteiger partial charge is 0.340 e. The maximum atomic E-state index is 12.8. The molecule has 2 amide bonds. The Morgan fingerprint density at radius 3 is 2.60 bits per heavy atom. The number of nitrogens with one attached hydrogen (secondary N) is 1. The summed E-state index contributed by atoms with van der Waals surface area (Å²) in [7, 11) is 0. The van der Waals surface area contributed by atoms with Crippen molar-refractivity contribution in [2.75, 3.05) is 13.1 Å². The van der Waals surface area contributed by atoms with E-state index in [0.29, 0.717) is 5.92 Å². The highest BCUT2D eigenvalue weighted by molar-refractivity contribution is 5.98. The Morgan fingerprint density at radius 2 is 1.95 bits per heavy atom. The molecule has 112 valence electrons. The van der Waals surface area contributed by atoms with Crippen LogP contribution < -0.4 is 5.32 Å². The van der Waals surface area contributed by atoms with Gasteiger partial charge in [-0.2, -0.15) is 0 Å². The summed E-state index contributed by atoms with van der Waals surface area (Å²) in [4.78, 5) is 26.7. The molecule has 3 fully saturated rings. The lowest BCUT2D eigenvalue weighted by Crippen LogP contribution is -2.67. The van der Waals surface area contributed by atoms with Crippen LogP contribution in [0, 0.1) is 11.8 Å². The molecule has 1 N–H and O–H groups in total. The molecule has 2 aliphatic carbocycles. The molecule has 0 aromatic carbocycles. The van der Waals surface area contributed by atoms with Gasteiger partial charge in [0.15, 0.2) is 0 Å². The summed E-state index contributed by atoms with van der Waals surface area (Å²) in [5.41, 5.74) is -0.558. The molecule has 1 saturated heterocycles. The van der Waals surface area contributed by atoms with Gasteiger partial charge in [0.2, 0.25) is 11.8 Å². The van der Waals surface area contributed by atoms with Crippen LogP contribution in [0.1, 0.15) is 58.3 Å². The van der Waals surface area contributed by atoms with Gasteiger partial charge >= 0.3 is 0 Å². The second-order valence-electron chi connectivity index (χ2n) is 7.16. The Bertz CT molecular complexity index is 401. The first-order valence-corrected chi connectivity index (χ1v) is 8.19. The molecule has 4 heteroatoms. The van der Waals surface area contributed by atoms with Crippen LogP contribution in [0.3, 0.4) is 0 Å². The zero-order valence-electron chi connectivity index (χ0n) is 12.5. The third-order valence-corrected chi connectivity index (χ3v) is 5.40. The van der Waals surface area contributed by atoms with Crippen LogP contribution in [-0.2, 0) is 9.59 Å². The van der Waals surface area contributed by atoms with Gasteiger partial charge in [-0.25, -0.2) is 0 Å². The second-order valence-corrected chi connectivity index (χ2v) is 7.16. The molecule has 20 heavy (non-hydrogen) atoms. The summed E-state index contributed by atoms with van der Waals surface area (Å²) >= 11 is 0. The van der Waals surface area contributed by atoms with Crippen molar-refractivity contribution in [3.05, 3.63) is 0 Å². The predicted molar refractivity (Wildman–Crippen MR) is 77.0 cm³/mol. The molecule has 0 aromatic heterocycles. The second kappa shape index (κ2) is 5.38. The van der Waals surface area contributed by atoms with E-state index < -0.39 is 5.54 Å². The first kappa shape index (κ1) is 13.9. The van der Waals surface area contributed by atoms with Crippen molar-refractivity contribution in [2.24, 2.45) is 11.8 Å². The zero-order valence-corrected chi connectivity index (χ0v) is 12.5. The summed E-state index contributed by atoms with van der Waals surface area (Å²) in [6.07, 6.45) is 8.64. The first-order chi connectivity index (χ1) is 9.59. The number of amides is 2. The van der Waals surface area contributed by atoms with Crippen molar-refractivity contribution in [1.82, 2.24) is 10.2 Å². The van der Waals surface area contributed by atoms with E-state index in [4.69, 9.17) is 0 Å². The summed E-state index contributed by atoms with van der Waals surface area (Å²) in [6.45, 7) is 3.34. The molecule has 2 saturated carbocycles. The molecular weight excluding hydrogens is 252 g/mol. The minimum Gasteiger partial charge on any atom is -0.340 e. The fourth-order valence-corrected chi connectivity index (χ4v) is 4.35. The molecule has 4 nitrogen and oxygen atoms in total. The number of hydrogen-bond donors (Lipinski definition) is 1. The monoisotopic (exact) mass is 278 g/mol. The van der Waals surface area contributed by atoms with E-state index in [9.17, 15) is 9.59 Å². The molecule has 1 heterocycles. The Morgan fingerprint density at radius 1 is 1.20 bits per heavy atom. The fraction of sp³-hybridized carbons (Fsp3) is 0.875. The maximum Gasteiger partial charge on any atom is 0.248 e. The minimum atomic E-state index is -0.558. The minimum absolute atomic E-state index is 0.0394. The molecule has 3 rings (SSSR count). The van der Waals surface area contributed by atoms with E-state index in [0.717, 1.165) is 38.1 Å². The number of piperazine rings is 1. The molecule has 2 unspecified atom stereocenters. The molecule has 3 aliphatic rings. The van der Waals surface area contributed by atoms with Crippen LogP contribution in [-0.4, -0.2) is 35.3 Å². The predicted octanol–water partition coefficient (Wildman–Crippen LogP) is 2.08. The Balaban J connectivity index is 1.70. The number of carbonyl (C=O) groups excluding carboxylic acids is 2. The normalized spacial score (nSPS) is 33.5. The van der Waals surface area contributed by atoms with Gasteiger partial charge in [0, 0.05) is 6.54 Å². The van der Waals surface area contributed by atoms with Gasteiger partial charge in [-0.1, -0.05) is 32.6 Å². The molecule has 2 atom stereocenters. The lowest BCUT2D eigenvalue weighted by Gasteiger charge is -2.44. The molecular formula is C16H26N2O2. The van der Waals surface area contributed by atoms with Crippen molar-refractivity contribution in [2.45, 2.75) is 63.8 Å². The highest BCUT2D eigenvalue weighted by Gasteiger charge is 2.47. The topological polar surface area (TPSA) is 49.4 Å². The molecule has 0 bridgehead atoms. The van der Waals surface area contributed by atoms with Crippen molar-refractivity contribution in [3.8, 4) is 0 Å². The Hall–Kier alpha value is -1.06. The number of hydrogen-bond acceptors (Lipinski definition) is 2. The molecule has 1 spiro atoms. The summed E-state index contributed by atoms with van der Waals surface area (Å²) in [5, 5.41) is 3.02. The van der Waals surface area contributed by atoms with Crippen molar-refractivity contribution in [3.63, 3.8) is 0 Å². The summed E-state index contributed by atoms with van der Waals surface area (Å²) in [5.74, 6) is 1.60. The lowest BCUT2D eigenvalue weighted by molar-refractivity contribution is -0.152. The third kappa shape index (κ3) is 2.57. The van der Waals surface area contributed by atoms with Gasteiger partial charge in [-0.3, -0.25) is 9.59 Å². The Labute approximate surface area is 121 Å².